The van der Waals surface area contributed by atoms with Gasteiger partial charge in [-0.2, -0.15) is 0 Å². The van der Waals surface area contributed by atoms with Crippen molar-refractivity contribution in [2.75, 3.05) is 32.1 Å². The zero-order chi connectivity index (χ0) is 21.7. The Labute approximate surface area is 190 Å². The third-order valence-electron chi connectivity index (χ3n) is 4.97. The molecule has 0 amide bonds. The maximum atomic E-state index is 11.8. The summed E-state index contributed by atoms with van der Waals surface area (Å²) in [6, 6.07) is 0. The number of carbonyl (C=O) groups is 1. The summed E-state index contributed by atoms with van der Waals surface area (Å²) in [4.78, 5) is 13.9. The van der Waals surface area contributed by atoms with E-state index in [9.17, 15) is 4.79 Å². The van der Waals surface area contributed by atoms with Crippen molar-refractivity contribution in [3.05, 3.63) is 0 Å². The average Bonchev–Trinajstić information content (AvgIpc) is 2.66. The molecule has 0 spiro atoms. The van der Waals surface area contributed by atoms with Crippen LogP contribution in [0.3, 0.4) is 0 Å². The number of nitrogens with zero attached hydrogens (tertiary/aromatic N) is 1. The summed E-state index contributed by atoms with van der Waals surface area (Å²) in [7, 11) is 4.06. The summed E-state index contributed by atoms with van der Waals surface area (Å²) in [6.45, 7) is 7.55. The highest BCUT2D eigenvalue weighted by atomic mass is 32.2. The van der Waals surface area contributed by atoms with Crippen LogP contribution in [-0.4, -0.2) is 53.7 Å². The van der Waals surface area contributed by atoms with Crippen LogP contribution in [0.5, 0.6) is 0 Å². The molecule has 0 aliphatic heterocycles. The maximum absolute atomic E-state index is 11.8. The van der Waals surface area contributed by atoms with E-state index in [0.29, 0.717) is 6.42 Å². The van der Waals surface area contributed by atoms with Crippen molar-refractivity contribution in [2.45, 2.75) is 115 Å². The van der Waals surface area contributed by atoms with Gasteiger partial charge in [-0.05, 0) is 77.6 Å². The molecule has 0 aromatic heterocycles. The number of unbranched alkanes of at least 4 members (excludes halogenated alkanes) is 6. The summed E-state index contributed by atoms with van der Waals surface area (Å²) < 4.78 is 6.33. The van der Waals surface area contributed by atoms with E-state index in [-0.39, 0.29) is 12.1 Å². The van der Waals surface area contributed by atoms with Crippen molar-refractivity contribution < 1.29 is 9.53 Å². The van der Waals surface area contributed by atoms with Crippen LogP contribution < -0.4 is 0 Å². The zero-order valence-corrected chi connectivity index (χ0v) is 21.7. The molecular formula is C24H49NO2S2. The minimum absolute atomic E-state index is 0.0356. The highest BCUT2D eigenvalue weighted by Crippen LogP contribution is 2.30. The van der Waals surface area contributed by atoms with Crippen molar-refractivity contribution in [3.63, 3.8) is 0 Å². The van der Waals surface area contributed by atoms with Crippen molar-refractivity contribution >= 4 is 29.5 Å². The predicted octanol–water partition coefficient (Wildman–Crippen LogP) is 7.38. The second-order valence-corrected chi connectivity index (χ2v) is 11.4. The van der Waals surface area contributed by atoms with E-state index in [1.807, 2.05) is 21.0 Å². The highest BCUT2D eigenvalue weighted by molar-refractivity contribution is 8.17. The van der Waals surface area contributed by atoms with E-state index < -0.39 is 0 Å². The lowest BCUT2D eigenvalue weighted by atomic mass is 10.1. The zero-order valence-electron chi connectivity index (χ0n) is 20.0. The van der Waals surface area contributed by atoms with Gasteiger partial charge in [-0.25, -0.2) is 0 Å². The lowest BCUT2D eigenvalue weighted by Crippen LogP contribution is -2.18. The summed E-state index contributed by atoms with van der Waals surface area (Å²) in [5.41, 5.74) is 0. The van der Waals surface area contributed by atoms with Gasteiger partial charge in [-0.1, -0.05) is 52.4 Å². The van der Waals surface area contributed by atoms with E-state index in [2.05, 4.69) is 42.3 Å². The van der Waals surface area contributed by atoms with Crippen molar-refractivity contribution in [1.82, 2.24) is 4.90 Å². The fourth-order valence-corrected chi connectivity index (χ4v) is 6.15. The molecule has 1 unspecified atom stereocenters. The van der Waals surface area contributed by atoms with E-state index in [4.69, 9.17) is 4.74 Å². The Kier molecular flexibility index (Phi) is 21.5. The Bertz CT molecular complexity index is 357. The van der Waals surface area contributed by atoms with Crippen LogP contribution in [0.4, 0.5) is 0 Å². The summed E-state index contributed by atoms with van der Waals surface area (Å²) in [6.07, 6.45) is 15.6. The molecule has 0 heterocycles. The topological polar surface area (TPSA) is 29.5 Å². The summed E-state index contributed by atoms with van der Waals surface area (Å²) in [5, 5.41) is 0. The molecule has 0 aromatic rings. The quantitative estimate of drug-likeness (QED) is 0.104. The first-order chi connectivity index (χ1) is 14.0. The Morgan fingerprint density at radius 3 is 1.93 bits per heavy atom. The summed E-state index contributed by atoms with van der Waals surface area (Å²) in [5.74, 6) is 2.62. The Hall–Kier alpha value is 0.130. The van der Waals surface area contributed by atoms with E-state index in [1.165, 1.54) is 75.7 Å². The molecule has 0 aliphatic carbocycles. The van der Waals surface area contributed by atoms with E-state index in [1.54, 1.807) is 0 Å². The molecule has 0 saturated carbocycles. The third kappa shape index (κ3) is 21.2. The molecule has 29 heavy (non-hydrogen) atoms. The molecule has 0 rings (SSSR count). The van der Waals surface area contributed by atoms with Gasteiger partial charge in [-0.3, -0.25) is 4.79 Å². The van der Waals surface area contributed by atoms with Gasteiger partial charge in [0.2, 0.25) is 0 Å². The molecule has 0 fully saturated rings. The largest absolute Gasteiger partial charge is 0.463 e. The molecule has 0 saturated heterocycles. The first-order valence-corrected chi connectivity index (χ1v) is 14.2. The van der Waals surface area contributed by atoms with Gasteiger partial charge in [0.1, 0.15) is 0 Å². The Morgan fingerprint density at radius 1 is 0.828 bits per heavy atom. The Balaban J connectivity index is 3.69. The fourth-order valence-electron chi connectivity index (χ4n) is 3.09. The van der Waals surface area contributed by atoms with Gasteiger partial charge >= 0.3 is 5.97 Å². The fraction of sp³-hybridized carbons (Fsp3) is 0.958. The van der Waals surface area contributed by atoms with Crippen molar-refractivity contribution in [2.24, 2.45) is 0 Å². The van der Waals surface area contributed by atoms with Gasteiger partial charge in [0.15, 0.2) is 0 Å². The number of hydrogen-bond acceptors (Lipinski definition) is 5. The van der Waals surface area contributed by atoms with E-state index >= 15 is 0 Å². The molecule has 0 aliphatic rings. The predicted molar refractivity (Wildman–Crippen MR) is 134 cm³/mol. The molecule has 0 bridgehead atoms. The molecule has 174 valence electrons. The normalized spacial score (nSPS) is 12.7. The van der Waals surface area contributed by atoms with Gasteiger partial charge in [-0.15, -0.1) is 23.5 Å². The lowest BCUT2D eigenvalue weighted by molar-refractivity contribution is -0.148. The standard InChI is InChI=1S/C24H49NO2S2/c1-6-8-20-28-24(29-21-9-7-2)18-14-12-10-11-13-16-22(3)27-23(26)17-15-19-25(4)5/h22,24H,6-21H2,1-5H3. The van der Waals surface area contributed by atoms with Crippen molar-refractivity contribution in [1.29, 1.82) is 0 Å². The van der Waals surface area contributed by atoms with Crippen LogP contribution in [0.2, 0.25) is 0 Å². The third-order valence-corrected chi connectivity index (χ3v) is 8.05. The molecular weight excluding hydrogens is 398 g/mol. The highest BCUT2D eigenvalue weighted by Gasteiger charge is 2.11. The van der Waals surface area contributed by atoms with Crippen LogP contribution in [0, 0.1) is 0 Å². The second-order valence-electron chi connectivity index (χ2n) is 8.43. The van der Waals surface area contributed by atoms with Gasteiger partial charge < -0.3 is 9.64 Å². The minimum atomic E-state index is -0.0356. The number of carbonyl (C=O) groups excluding carboxylic acids is 1. The van der Waals surface area contributed by atoms with Crippen LogP contribution >= 0.6 is 23.5 Å². The first kappa shape index (κ1) is 29.1. The SMILES string of the molecule is CCCCSC(CCCCCCCC(C)OC(=O)CCCN(C)C)SCCCC. The Morgan fingerprint density at radius 2 is 1.38 bits per heavy atom. The van der Waals surface area contributed by atoms with E-state index in [0.717, 1.165) is 24.0 Å². The van der Waals surface area contributed by atoms with Crippen molar-refractivity contribution in [3.8, 4) is 0 Å². The molecule has 0 radical (unpaired) electrons. The number of ether oxygens (including phenoxy) is 1. The second kappa shape index (κ2) is 21.4. The minimum Gasteiger partial charge on any atom is -0.463 e. The first-order valence-electron chi connectivity index (χ1n) is 12.1. The molecule has 5 heteroatoms. The number of rotatable bonds is 21. The van der Waals surface area contributed by atoms with Crippen LogP contribution in [-0.2, 0) is 9.53 Å². The molecule has 0 N–H and O–H groups in total. The number of thioether (sulfide) groups is 2. The monoisotopic (exact) mass is 447 g/mol. The number of hydrogen-bond donors (Lipinski definition) is 0. The average molecular weight is 448 g/mol. The van der Waals surface area contributed by atoms with Gasteiger partial charge in [0.25, 0.3) is 0 Å². The van der Waals surface area contributed by atoms with Crippen LogP contribution in [0.15, 0.2) is 0 Å². The lowest BCUT2D eigenvalue weighted by Gasteiger charge is -2.16. The number of esters is 1. The van der Waals surface area contributed by atoms with Crippen LogP contribution in [0.1, 0.15) is 104 Å². The summed E-state index contributed by atoms with van der Waals surface area (Å²) >= 11 is 4.39. The van der Waals surface area contributed by atoms with Gasteiger partial charge in [0, 0.05) is 6.42 Å². The molecule has 3 nitrogen and oxygen atoms in total. The van der Waals surface area contributed by atoms with Gasteiger partial charge in [0.05, 0.1) is 10.7 Å². The molecule has 1 atom stereocenters. The van der Waals surface area contributed by atoms with Crippen LogP contribution in [0.25, 0.3) is 0 Å². The maximum Gasteiger partial charge on any atom is 0.306 e. The smallest absolute Gasteiger partial charge is 0.306 e. The molecule has 0 aromatic carbocycles.